The van der Waals surface area contributed by atoms with Crippen molar-refractivity contribution in [2.45, 2.75) is 23.6 Å². The molecule has 0 amide bonds. The molecule has 3 aromatic rings. The molecule has 138 valence electrons. The number of hydrogen-bond donors (Lipinski definition) is 2. The molecule has 0 aliphatic heterocycles. The van der Waals surface area contributed by atoms with Crippen LogP contribution in [0.15, 0.2) is 61.5 Å². The molecule has 2 aromatic carbocycles. The third-order valence-corrected chi connectivity index (χ3v) is 5.41. The van der Waals surface area contributed by atoms with Crippen LogP contribution < -0.4 is 5.63 Å². The van der Waals surface area contributed by atoms with E-state index in [2.05, 4.69) is 0 Å². The normalized spacial score (nSPS) is 11.1. The number of phenolic OH excluding ortho intramolecular Hbond substituents is 1. The van der Waals surface area contributed by atoms with Gasteiger partial charge in [0.1, 0.15) is 11.3 Å². The van der Waals surface area contributed by atoms with E-state index in [1.807, 2.05) is 13.2 Å². The summed E-state index contributed by atoms with van der Waals surface area (Å²) in [5.74, 6) is 0.101. The predicted octanol–water partition coefficient (Wildman–Crippen LogP) is 3.77. The number of aryl methyl sites for hydroxylation is 1. The maximum atomic E-state index is 11.3. The van der Waals surface area contributed by atoms with E-state index in [0.717, 1.165) is 15.8 Å². The van der Waals surface area contributed by atoms with Crippen LogP contribution in [0, 0.1) is 13.8 Å². The zero-order valence-electron chi connectivity index (χ0n) is 14.4. The molecule has 0 bridgehead atoms. The Kier molecular flexibility index (Phi) is 6.12. The zero-order chi connectivity index (χ0) is 19.5. The summed E-state index contributed by atoms with van der Waals surface area (Å²) in [6.45, 7) is 3.60. The van der Waals surface area contributed by atoms with E-state index in [1.165, 1.54) is 30.0 Å². The predicted molar refractivity (Wildman–Crippen MR) is 102 cm³/mol. The Morgan fingerprint density at radius 1 is 1.00 bits per heavy atom. The summed E-state index contributed by atoms with van der Waals surface area (Å²) in [5, 5.41) is 10.1. The quantitative estimate of drug-likeness (QED) is 0.387. The van der Waals surface area contributed by atoms with Gasteiger partial charge in [-0.3, -0.25) is 4.55 Å². The maximum Gasteiger partial charge on any atom is 0.339 e. The molecule has 0 radical (unpaired) electrons. The van der Waals surface area contributed by atoms with Crippen molar-refractivity contribution < 1.29 is 22.5 Å². The van der Waals surface area contributed by atoms with E-state index >= 15 is 0 Å². The maximum absolute atomic E-state index is 11.3. The molecule has 0 aliphatic carbocycles. The van der Waals surface area contributed by atoms with E-state index in [9.17, 15) is 18.3 Å². The lowest BCUT2D eigenvalue weighted by Gasteiger charge is -2.03. The van der Waals surface area contributed by atoms with Gasteiger partial charge in [0.05, 0.1) is 4.90 Å². The van der Waals surface area contributed by atoms with Crippen LogP contribution in [0.3, 0.4) is 0 Å². The van der Waals surface area contributed by atoms with Crippen LogP contribution in [0.5, 0.6) is 5.75 Å². The number of phenols is 1. The van der Waals surface area contributed by atoms with Crippen LogP contribution in [-0.2, 0) is 10.1 Å². The molecule has 6 nitrogen and oxygen atoms in total. The summed E-state index contributed by atoms with van der Waals surface area (Å²) in [5.41, 5.74) is 1.60. The van der Waals surface area contributed by atoms with Crippen LogP contribution in [0.2, 0.25) is 0 Å². The fourth-order valence-electron chi connectivity index (χ4n) is 2.18. The molecule has 26 heavy (non-hydrogen) atoms. The topological polar surface area (TPSA) is 105 Å². The third kappa shape index (κ3) is 4.66. The zero-order valence-corrected chi connectivity index (χ0v) is 16.0. The van der Waals surface area contributed by atoms with Gasteiger partial charge in [-0.05, 0) is 62.1 Å². The van der Waals surface area contributed by atoms with Gasteiger partial charge < -0.3 is 9.52 Å². The average molecular weight is 394 g/mol. The molecule has 0 saturated carbocycles. The number of hydrogen-bond acceptors (Lipinski definition) is 6. The summed E-state index contributed by atoms with van der Waals surface area (Å²) in [4.78, 5) is 12.2. The summed E-state index contributed by atoms with van der Waals surface area (Å²) < 4.78 is 34.8. The van der Waals surface area contributed by atoms with E-state index in [1.54, 1.807) is 31.2 Å². The molecule has 0 spiro atoms. The van der Waals surface area contributed by atoms with Crippen LogP contribution in [0.25, 0.3) is 11.0 Å². The first-order valence-electron chi connectivity index (χ1n) is 7.48. The second-order valence-corrected chi connectivity index (χ2v) is 7.77. The number of rotatable bonds is 2. The molecule has 0 saturated heterocycles. The van der Waals surface area contributed by atoms with Gasteiger partial charge in [-0.2, -0.15) is 8.42 Å². The molecule has 1 aromatic heterocycles. The minimum Gasteiger partial charge on any atom is -0.508 e. The molecule has 0 atom stereocenters. The molecule has 8 heteroatoms. The van der Waals surface area contributed by atoms with Gasteiger partial charge in [0, 0.05) is 21.9 Å². The van der Waals surface area contributed by atoms with E-state index in [0.29, 0.717) is 11.1 Å². The summed E-state index contributed by atoms with van der Waals surface area (Å²) in [7, 11) is -4.04. The van der Waals surface area contributed by atoms with Gasteiger partial charge >= 0.3 is 5.63 Å². The first kappa shape index (κ1) is 20.0. The van der Waals surface area contributed by atoms with E-state index in [-0.39, 0.29) is 16.3 Å². The smallest absolute Gasteiger partial charge is 0.339 e. The molecule has 2 N–H and O–H groups in total. The fraction of sp³-hybridized carbons (Fsp3) is 0.167. The largest absolute Gasteiger partial charge is 0.508 e. The van der Waals surface area contributed by atoms with E-state index in [4.69, 9.17) is 8.97 Å². The van der Waals surface area contributed by atoms with Crippen molar-refractivity contribution >= 4 is 32.8 Å². The van der Waals surface area contributed by atoms with Crippen molar-refractivity contribution in [2.24, 2.45) is 0 Å². The van der Waals surface area contributed by atoms with Gasteiger partial charge in [-0.25, -0.2) is 4.79 Å². The van der Waals surface area contributed by atoms with Crippen LogP contribution >= 0.6 is 11.8 Å². The Morgan fingerprint density at radius 2 is 1.62 bits per heavy atom. The van der Waals surface area contributed by atoms with Crippen molar-refractivity contribution in [1.82, 2.24) is 0 Å². The molecular formula is C18H18O6S2. The van der Waals surface area contributed by atoms with Gasteiger partial charge in [-0.15, -0.1) is 11.8 Å². The van der Waals surface area contributed by atoms with Crippen LogP contribution in [0.1, 0.15) is 11.1 Å². The van der Waals surface area contributed by atoms with Crippen LogP contribution in [-0.4, -0.2) is 24.3 Å². The molecule has 3 rings (SSSR count). The first-order valence-corrected chi connectivity index (χ1v) is 10.1. The van der Waals surface area contributed by atoms with Crippen molar-refractivity contribution in [3.63, 3.8) is 0 Å². The van der Waals surface area contributed by atoms with Crippen LogP contribution in [0.4, 0.5) is 0 Å². The SMILES string of the molecule is CSc1ccc(S(=O)(=O)O)cc1.Cc1c(C)c2ccc(O)cc2oc1=O. The molecule has 0 aliphatic rings. The summed E-state index contributed by atoms with van der Waals surface area (Å²) in [6, 6.07) is 10.8. The summed E-state index contributed by atoms with van der Waals surface area (Å²) >= 11 is 1.51. The second-order valence-electron chi connectivity index (χ2n) is 5.47. The number of thioether (sulfide) groups is 1. The van der Waals surface area contributed by atoms with Gasteiger partial charge in [0.15, 0.2) is 0 Å². The summed E-state index contributed by atoms with van der Waals surface area (Å²) in [6.07, 6.45) is 1.89. The lowest BCUT2D eigenvalue weighted by atomic mass is 10.1. The van der Waals surface area contributed by atoms with Crippen molar-refractivity contribution in [3.05, 3.63) is 64.0 Å². The number of fused-ring (bicyclic) bond motifs is 1. The minimum absolute atomic E-state index is 0.0692. The average Bonchev–Trinajstić information content (AvgIpc) is 2.59. The van der Waals surface area contributed by atoms with Gasteiger partial charge in [0.25, 0.3) is 10.1 Å². The highest BCUT2D eigenvalue weighted by Crippen LogP contribution is 2.22. The van der Waals surface area contributed by atoms with Crippen molar-refractivity contribution in [2.75, 3.05) is 6.26 Å². The Labute approximate surface area is 155 Å². The lowest BCUT2D eigenvalue weighted by molar-refractivity contribution is 0.472. The Balaban J connectivity index is 0.000000190. The van der Waals surface area contributed by atoms with E-state index < -0.39 is 10.1 Å². The number of aromatic hydroxyl groups is 1. The monoisotopic (exact) mass is 394 g/mol. The fourth-order valence-corrected chi connectivity index (χ4v) is 3.07. The Bertz CT molecular complexity index is 1080. The highest BCUT2D eigenvalue weighted by atomic mass is 32.2. The highest BCUT2D eigenvalue weighted by molar-refractivity contribution is 7.98. The molecular weight excluding hydrogens is 376 g/mol. The molecule has 0 fully saturated rings. The highest BCUT2D eigenvalue weighted by Gasteiger charge is 2.08. The first-order chi connectivity index (χ1) is 12.1. The van der Waals surface area contributed by atoms with Gasteiger partial charge in [0.2, 0.25) is 0 Å². The van der Waals surface area contributed by atoms with Crippen molar-refractivity contribution in [1.29, 1.82) is 0 Å². The third-order valence-electron chi connectivity index (χ3n) is 3.80. The lowest BCUT2D eigenvalue weighted by Crippen LogP contribution is -2.05. The minimum atomic E-state index is -4.04. The number of benzene rings is 2. The second kappa shape index (κ2) is 7.94. The Morgan fingerprint density at radius 3 is 2.15 bits per heavy atom. The van der Waals surface area contributed by atoms with Gasteiger partial charge in [-0.1, -0.05) is 0 Å². The van der Waals surface area contributed by atoms with Crippen molar-refractivity contribution in [3.8, 4) is 5.75 Å². The Hall–Kier alpha value is -2.29. The standard InChI is InChI=1S/C11H10O3.C7H8O3S2/c1-6-7(2)11(13)14-10-5-8(12)3-4-9(6)10;1-11-6-2-4-7(5-3-6)12(8,9)10/h3-5,12H,1-2H3;2-5H,1H3,(H,8,9,10). The molecule has 0 unspecified atom stereocenters. The molecule has 1 heterocycles.